The molecule has 0 aromatic heterocycles. The standard InChI is InChI=1S/C23H36O5/c1-5-6-12-18-23(2,28-4)19-13-10-8-7-9-11-15-20(24)21(25)16-14-17-22(26)27-3/h7,9,11,13,15,19-21,24-25H,5-6,12,14,16-18H2,1-4H3/b9-7+,15-11+,19-13+/t20-,21+,23?/m1/s1. The van der Waals surface area contributed by atoms with E-state index < -0.39 is 12.2 Å². The largest absolute Gasteiger partial charge is 0.469 e. The second-order valence-electron chi connectivity index (χ2n) is 6.87. The van der Waals surface area contributed by atoms with Crippen LogP contribution in [0.3, 0.4) is 0 Å². The highest BCUT2D eigenvalue weighted by Gasteiger charge is 2.18. The number of carbonyl (C=O) groups is 1. The van der Waals surface area contributed by atoms with Gasteiger partial charge < -0.3 is 19.7 Å². The number of ether oxygens (including phenoxy) is 2. The van der Waals surface area contributed by atoms with E-state index >= 15 is 0 Å². The van der Waals surface area contributed by atoms with Crippen molar-refractivity contribution >= 4 is 5.97 Å². The molecule has 0 aliphatic rings. The number of carbonyl (C=O) groups excluding carboxylic acids is 1. The number of allylic oxidation sites excluding steroid dienone is 4. The van der Waals surface area contributed by atoms with Crippen molar-refractivity contribution in [1.29, 1.82) is 0 Å². The first-order valence-corrected chi connectivity index (χ1v) is 9.88. The predicted octanol–water partition coefficient (Wildman–Crippen LogP) is 3.71. The molecule has 0 saturated carbocycles. The molecule has 158 valence electrons. The first-order valence-electron chi connectivity index (χ1n) is 9.88. The van der Waals surface area contributed by atoms with Crippen LogP contribution >= 0.6 is 0 Å². The monoisotopic (exact) mass is 392 g/mol. The fourth-order valence-corrected chi connectivity index (χ4v) is 2.43. The van der Waals surface area contributed by atoms with E-state index in [4.69, 9.17) is 4.74 Å². The maximum atomic E-state index is 11.0. The Morgan fingerprint density at radius 3 is 2.46 bits per heavy atom. The SMILES string of the molecule is CCCCCC(C)(/C=C/C#C/C=C/C=C/[C@@H](O)[C@@H](O)CCCC(=O)OC)OC. The van der Waals surface area contributed by atoms with Crippen LogP contribution in [0.2, 0.25) is 0 Å². The molecule has 0 aliphatic carbocycles. The van der Waals surface area contributed by atoms with E-state index in [0.29, 0.717) is 12.8 Å². The molecule has 0 bridgehead atoms. The van der Waals surface area contributed by atoms with Gasteiger partial charge in [0.2, 0.25) is 0 Å². The van der Waals surface area contributed by atoms with Gasteiger partial charge in [0.05, 0.1) is 24.9 Å². The van der Waals surface area contributed by atoms with Crippen molar-refractivity contribution in [2.24, 2.45) is 0 Å². The van der Waals surface area contributed by atoms with Crippen molar-refractivity contribution in [2.45, 2.75) is 76.6 Å². The third-order valence-corrected chi connectivity index (χ3v) is 4.45. The summed E-state index contributed by atoms with van der Waals surface area (Å²) >= 11 is 0. The zero-order valence-electron chi connectivity index (χ0n) is 17.7. The van der Waals surface area contributed by atoms with Gasteiger partial charge in [0.25, 0.3) is 0 Å². The van der Waals surface area contributed by atoms with Crippen LogP contribution in [0.4, 0.5) is 0 Å². The van der Waals surface area contributed by atoms with E-state index in [1.807, 2.05) is 6.08 Å². The minimum absolute atomic E-state index is 0.230. The molecule has 28 heavy (non-hydrogen) atoms. The first-order chi connectivity index (χ1) is 13.4. The van der Waals surface area contributed by atoms with Crippen LogP contribution in [0, 0.1) is 11.8 Å². The summed E-state index contributed by atoms with van der Waals surface area (Å²) in [6.45, 7) is 4.23. The highest BCUT2D eigenvalue weighted by molar-refractivity contribution is 5.68. The normalized spacial score (nSPS) is 16.1. The highest BCUT2D eigenvalue weighted by Crippen LogP contribution is 2.20. The molecule has 0 heterocycles. The average Bonchev–Trinajstić information content (AvgIpc) is 2.69. The zero-order valence-corrected chi connectivity index (χ0v) is 17.7. The predicted molar refractivity (Wildman–Crippen MR) is 113 cm³/mol. The molecule has 5 heteroatoms. The third-order valence-electron chi connectivity index (χ3n) is 4.45. The fourth-order valence-electron chi connectivity index (χ4n) is 2.43. The van der Waals surface area contributed by atoms with Crippen LogP contribution in [0.5, 0.6) is 0 Å². The summed E-state index contributed by atoms with van der Waals surface area (Å²) in [5, 5.41) is 19.7. The van der Waals surface area contributed by atoms with Crippen molar-refractivity contribution in [3.05, 3.63) is 36.5 Å². The van der Waals surface area contributed by atoms with Gasteiger partial charge in [-0.25, -0.2) is 0 Å². The van der Waals surface area contributed by atoms with Crippen molar-refractivity contribution in [1.82, 2.24) is 0 Å². The summed E-state index contributed by atoms with van der Waals surface area (Å²) in [6.07, 6.45) is 13.8. The van der Waals surface area contributed by atoms with E-state index in [-0.39, 0.29) is 18.0 Å². The summed E-state index contributed by atoms with van der Waals surface area (Å²) < 4.78 is 10.1. The maximum absolute atomic E-state index is 11.0. The van der Waals surface area contributed by atoms with Gasteiger partial charge in [-0.15, -0.1) is 0 Å². The lowest BCUT2D eigenvalue weighted by Crippen LogP contribution is -2.23. The van der Waals surface area contributed by atoms with Crippen molar-refractivity contribution in [3.63, 3.8) is 0 Å². The van der Waals surface area contributed by atoms with Gasteiger partial charge in [-0.2, -0.15) is 0 Å². The Hall–Kier alpha value is -1.87. The van der Waals surface area contributed by atoms with Gasteiger partial charge >= 0.3 is 5.97 Å². The molecule has 0 rings (SSSR count). The molecular weight excluding hydrogens is 356 g/mol. The number of aliphatic hydroxyl groups is 2. The zero-order chi connectivity index (χ0) is 21.3. The summed E-state index contributed by atoms with van der Waals surface area (Å²) in [7, 11) is 3.04. The van der Waals surface area contributed by atoms with E-state index in [1.54, 1.807) is 31.4 Å². The molecule has 1 unspecified atom stereocenters. The quantitative estimate of drug-likeness (QED) is 0.216. The number of unbranched alkanes of at least 4 members (excludes halogenated alkanes) is 2. The van der Waals surface area contributed by atoms with Crippen molar-refractivity contribution in [2.75, 3.05) is 14.2 Å². The highest BCUT2D eigenvalue weighted by atomic mass is 16.5. The van der Waals surface area contributed by atoms with E-state index in [2.05, 4.69) is 30.4 Å². The number of rotatable bonds is 13. The number of hydrogen-bond acceptors (Lipinski definition) is 5. The number of hydrogen-bond donors (Lipinski definition) is 2. The maximum Gasteiger partial charge on any atom is 0.305 e. The summed E-state index contributed by atoms with van der Waals surface area (Å²) in [5.74, 6) is 5.50. The molecule has 2 N–H and O–H groups in total. The Balaban J connectivity index is 4.30. The molecular formula is C23H36O5. The second-order valence-corrected chi connectivity index (χ2v) is 6.87. The average molecular weight is 393 g/mol. The van der Waals surface area contributed by atoms with Crippen molar-refractivity contribution < 1.29 is 24.5 Å². The Kier molecular flexibility index (Phi) is 15.0. The lowest BCUT2D eigenvalue weighted by molar-refractivity contribution is -0.140. The fraction of sp³-hybridized carbons (Fsp3) is 0.609. The lowest BCUT2D eigenvalue weighted by Gasteiger charge is -2.23. The molecule has 0 radical (unpaired) electrons. The van der Waals surface area contributed by atoms with Crippen LogP contribution in [0.15, 0.2) is 36.5 Å². The van der Waals surface area contributed by atoms with Crippen LogP contribution in [0.1, 0.15) is 58.8 Å². The molecule has 0 spiro atoms. The topological polar surface area (TPSA) is 76.0 Å². The second kappa shape index (κ2) is 16.1. The van der Waals surface area contributed by atoms with Crippen LogP contribution in [0.25, 0.3) is 0 Å². The van der Waals surface area contributed by atoms with Crippen LogP contribution in [-0.2, 0) is 14.3 Å². The molecule has 0 saturated heterocycles. The van der Waals surface area contributed by atoms with Gasteiger partial charge in [-0.3, -0.25) is 4.79 Å². The first kappa shape index (κ1) is 26.1. The van der Waals surface area contributed by atoms with Gasteiger partial charge in [-0.05, 0) is 44.4 Å². The number of methoxy groups -OCH3 is 2. The molecule has 3 atom stereocenters. The van der Waals surface area contributed by atoms with Crippen LogP contribution in [-0.4, -0.2) is 48.2 Å². The van der Waals surface area contributed by atoms with Crippen molar-refractivity contribution in [3.8, 4) is 11.8 Å². The van der Waals surface area contributed by atoms with E-state index in [9.17, 15) is 15.0 Å². The molecule has 0 amide bonds. The Bertz CT molecular complexity index is 567. The third kappa shape index (κ3) is 13.3. The lowest BCUT2D eigenvalue weighted by atomic mass is 9.97. The minimum Gasteiger partial charge on any atom is -0.469 e. The molecule has 0 aromatic rings. The molecule has 0 aliphatic heterocycles. The number of esters is 1. The van der Waals surface area contributed by atoms with Crippen LogP contribution < -0.4 is 0 Å². The Morgan fingerprint density at radius 1 is 1.11 bits per heavy atom. The Labute approximate surface area is 170 Å². The van der Waals surface area contributed by atoms with E-state index in [0.717, 1.165) is 12.8 Å². The summed E-state index contributed by atoms with van der Waals surface area (Å²) in [6, 6.07) is 0. The molecule has 0 fully saturated rings. The van der Waals surface area contributed by atoms with Gasteiger partial charge in [0.1, 0.15) is 0 Å². The molecule has 5 nitrogen and oxygen atoms in total. The molecule has 0 aromatic carbocycles. The minimum atomic E-state index is -0.985. The smallest absolute Gasteiger partial charge is 0.305 e. The summed E-state index contributed by atoms with van der Waals surface area (Å²) in [4.78, 5) is 11.0. The van der Waals surface area contributed by atoms with Gasteiger partial charge in [0, 0.05) is 13.5 Å². The Morgan fingerprint density at radius 2 is 1.82 bits per heavy atom. The van der Waals surface area contributed by atoms with Gasteiger partial charge in [0.15, 0.2) is 0 Å². The summed E-state index contributed by atoms with van der Waals surface area (Å²) in [5.41, 5.74) is -0.290. The van der Waals surface area contributed by atoms with E-state index in [1.165, 1.54) is 26.0 Å². The number of aliphatic hydroxyl groups excluding tert-OH is 2. The van der Waals surface area contributed by atoms with Gasteiger partial charge in [-0.1, -0.05) is 56.3 Å².